The summed E-state index contributed by atoms with van der Waals surface area (Å²) in [7, 11) is 8.81. The number of imidazole rings is 2. The van der Waals surface area contributed by atoms with Gasteiger partial charge in [0.05, 0.1) is 47.9 Å². The average molecular weight is 1030 g/mol. The topological polar surface area (TPSA) is 296 Å². The lowest BCUT2D eigenvalue weighted by atomic mass is 9.77. The minimum absolute atomic E-state index is 0.133. The Morgan fingerprint density at radius 3 is 2.28 bits per heavy atom. The third kappa shape index (κ3) is 13.2. The third-order valence-electron chi connectivity index (χ3n) is 14.6. The SMILES string of the molecule is CC[C@H]1OC(=O)[C@H](C)[C@@H](O[C@H]2C[C@@](C)(OC)[C@@H](O)[C@H](C)O2)[C@H](C)[C@@H](O[C@@H]2O[C@H](C)C[C@H](N(C)C)[C@H]2O)[C@](C)(O)C[C@@H](C)CN(C)[C@H](C)[C@@H](O)[C@]1(C)O.Cn1cnc([N+](=O)[O-])c1Sc1ncnc2nc[nH]c12. The minimum Gasteiger partial charge on any atom is -0.459 e. The van der Waals surface area contributed by atoms with Crippen LogP contribution < -0.4 is 0 Å². The maximum Gasteiger partial charge on any atom is 0.396 e. The summed E-state index contributed by atoms with van der Waals surface area (Å²) >= 11 is 1.15. The van der Waals surface area contributed by atoms with Crippen molar-refractivity contribution in [2.45, 2.75) is 195 Å². The molecule has 3 aromatic rings. The van der Waals surface area contributed by atoms with Crippen molar-refractivity contribution in [2.24, 2.45) is 24.8 Å². The van der Waals surface area contributed by atoms with E-state index in [0.717, 1.165) is 11.8 Å². The maximum absolute atomic E-state index is 14.2. The number of esters is 1. The van der Waals surface area contributed by atoms with E-state index in [-0.39, 0.29) is 43.1 Å². The van der Waals surface area contributed by atoms with Crippen LogP contribution in [0.15, 0.2) is 29.0 Å². The number of aryl methyl sites for hydroxylation is 1. The molecule has 3 aliphatic rings. The Balaban J connectivity index is 0.000000406. The molecule has 0 aromatic carbocycles. The number of aromatic amines is 1. The standard InChI is InChI=1S/C38H72N2O12.C9H7N7O2S/c1-15-27-38(10,46)31(42)24(6)40(13)19-20(2)17-36(8,45)33(52-35-29(41)26(39(11)12)16-21(3)48-35)22(4)30(23(5)34(44)50-27)51-28-18-37(9,47-14)32(43)25(7)49-28;1-15-4-14-7(16(17)18)9(15)19-8-5-6(11-2-10-5)12-3-13-8/h20-33,35,41-43,45-46H,15-19H2,1-14H3;2-4H,1H3,(H,10,11,12,13)/t20-,21-,22+,23-,24-,25+,26+,27-,28+,29-,30+,31-,32+,33-,35+,36-,37-,38-;/m1./s1. The van der Waals surface area contributed by atoms with Gasteiger partial charge < -0.3 is 83.4 Å². The van der Waals surface area contributed by atoms with E-state index in [1.807, 2.05) is 51.7 Å². The van der Waals surface area contributed by atoms with Crippen LogP contribution in [0.3, 0.4) is 0 Å². The lowest BCUT2D eigenvalue weighted by molar-refractivity contribution is -0.392. The number of methoxy groups -OCH3 is 1. The van der Waals surface area contributed by atoms with Gasteiger partial charge in [0.25, 0.3) is 0 Å². The number of nitro groups is 1. The predicted molar refractivity (Wildman–Crippen MR) is 260 cm³/mol. The lowest BCUT2D eigenvalue weighted by Crippen LogP contribution is -2.60. The Morgan fingerprint density at radius 2 is 1.66 bits per heavy atom. The van der Waals surface area contributed by atoms with Crippen molar-refractivity contribution in [3.05, 3.63) is 29.1 Å². The molecule has 0 saturated carbocycles. The zero-order valence-electron chi connectivity index (χ0n) is 43.8. The van der Waals surface area contributed by atoms with Crippen LogP contribution in [0.1, 0.15) is 94.9 Å². The number of aromatic nitrogens is 6. The second kappa shape index (κ2) is 23.8. The molecule has 6 N–H and O–H groups in total. The fourth-order valence-electron chi connectivity index (χ4n) is 10.3. The molecule has 6 heterocycles. The molecule has 0 radical (unpaired) electrons. The monoisotopic (exact) mass is 1030 g/mol. The summed E-state index contributed by atoms with van der Waals surface area (Å²) < 4.78 is 39.1. The van der Waals surface area contributed by atoms with Crippen molar-refractivity contribution < 1.29 is 63.7 Å². The van der Waals surface area contributed by atoms with Gasteiger partial charge in [-0.15, -0.1) is 0 Å². The molecule has 3 aliphatic heterocycles. The van der Waals surface area contributed by atoms with Crippen molar-refractivity contribution in [1.29, 1.82) is 0 Å². The highest BCUT2D eigenvalue weighted by molar-refractivity contribution is 7.99. The summed E-state index contributed by atoms with van der Waals surface area (Å²) in [5.41, 5.74) is -3.22. The number of nitrogens with zero attached hydrogens (tertiary/aromatic N) is 8. The largest absolute Gasteiger partial charge is 0.459 e. The third-order valence-corrected chi connectivity index (χ3v) is 15.8. The van der Waals surface area contributed by atoms with Gasteiger partial charge in [0.2, 0.25) is 6.33 Å². The van der Waals surface area contributed by atoms with Gasteiger partial charge in [-0.25, -0.2) is 15.0 Å². The number of carbonyl (C=O) groups excluding carboxylic acids is 1. The molecule has 3 aromatic heterocycles. The van der Waals surface area contributed by atoms with Crippen molar-refractivity contribution in [2.75, 3.05) is 34.8 Å². The van der Waals surface area contributed by atoms with Crippen LogP contribution in [0.2, 0.25) is 0 Å². The van der Waals surface area contributed by atoms with E-state index >= 15 is 0 Å². The molecule has 3 fully saturated rings. The normalized spacial score (nSPS) is 39.3. The first-order valence-corrected chi connectivity index (χ1v) is 25.1. The van der Waals surface area contributed by atoms with E-state index in [4.69, 9.17) is 28.4 Å². The summed E-state index contributed by atoms with van der Waals surface area (Å²) in [4.78, 5) is 47.2. The van der Waals surface area contributed by atoms with Crippen LogP contribution in [0, 0.1) is 27.9 Å². The van der Waals surface area contributed by atoms with Crippen LogP contribution >= 0.6 is 11.8 Å². The van der Waals surface area contributed by atoms with Crippen molar-refractivity contribution >= 4 is 34.7 Å². The van der Waals surface area contributed by atoms with Crippen LogP contribution in [0.25, 0.3) is 11.2 Å². The van der Waals surface area contributed by atoms with E-state index in [1.165, 1.54) is 33.0 Å². The lowest BCUT2D eigenvalue weighted by Gasteiger charge is -2.48. The number of fused-ring (bicyclic) bond motifs is 1. The van der Waals surface area contributed by atoms with Gasteiger partial charge in [-0.2, -0.15) is 0 Å². The van der Waals surface area contributed by atoms with Crippen molar-refractivity contribution in [3.63, 3.8) is 0 Å². The molecule has 0 unspecified atom stereocenters. The number of ether oxygens (including phenoxy) is 6. The number of aliphatic hydroxyl groups excluding tert-OH is 3. The average Bonchev–Trinajstić information content (AvgIpc) is 3.94. The van der Waals surface area contributed by atoms with E-state index in [9.17, 15) is 40.4 Å². The van der Waals surface area contributed by atoms with E-state index in [0.29, 0.717) is 34.2 Å². The molecular formula is C47H79N9O14S. The van der Waals surface area contributed by atoms with Crippen molar-refractivity contribution in [1.82, 2.24) is 39.3 Å². The highest BCUT2D eigenvalue weighted by Crippen LogP contribution is 2.41. The summed E-state index contributed by atoms with van der Waals surface area (Å²) in [5, 5.41) is 70.0. The van der Waals surface area contributed by atoms with Gasteiger partial charge in [0, 0.05) is 45.1 Å². The Kier molecular flexibility index (Phi) is 19.6. The van der Waals surface area contributed by atoms with E-state index < -0.39 is 101 Å². The van der Waals surface area contributed by atoms with E-state index in [1.54, 1.807) is 53.2 Å². The number of H-pyrrole nitrogens is 1. The van der Waals surface area contributed by atoms with Gasteiger partial charge in [-0.3, -0.25) is 4.79 Å². The highest BCUT2D eigenvalue weighted by atomic mass is 32.2. The summed E-state index contributed by atoms with van der Waals surface area (Å²) in [6.07, 6.45) is -3.93. The number of carbonyl (C=O) groups is 1. The number of aliphatic hydroxyl groups is 5. The van der Waals surface area contributed by atoms with Crippen LogP contribution in [0.4, 0.5) is 5.82 Å². The molecule has 18 atom stereocenters. The fourth-order valence-corrected chi connectivity index (χ4v) is 11.2. The molecule has 23 nitrogen and oxygen atoms in total. The number of likely N-dealkylation sites (N-methyl/N-ethyl adjacent to an activating group) is 2. The van der Waals surface area contributed by atoms with Gasteiger partial charge in [-0.1, -0.05) is 20.8 Å². The molecule has 402 valence electrons. The van der Waals surface area contributed by atoms with Gasteiger partial charge >= 0.3 is 11.8 Å². The second-order valence-corrected chi connectivity index (χ2v) is 21.8. The molecule has 24 heteroatoms. The predicted octanol–water partition coefficient (Wildman–Crippen LogP) is 3.05. The smallest absolute Gasteiger partial charge is 0.396 e. The van der Waals surface area contributed by atoms with Crippen LogP contribution in [0.5, 0.6) is 0 Å². The molecule has 0 amide bonds. The molecule has 0 aliphatic carbocycles. The van der Waals surface area contributed by atoms with E-state index in [2.05, 4.69) is 24.9 Å². The summed E-state index contributed by atoms with van der Waals surface area (Å²) in [6.45, 7) is 18.0. The Morgan fingerprint density at radius 1 is 0.986 bits per heavy atom. The van der Waals surface area contributed by atoms with Gasteiger partial charge in [-0.05, 0) is 116 Å². The zero-order valence-corrected chi connectivity index (χ0v) is 44.6. The van der Waals surface area contributed by atoms with Crippen LogP contribution in [-0.4, -0.2) is 201 Å². The fraction of sp³-hybridized carbons (Fsp3) is 0.809. The first kappa shape index (κ1) is 58.4. The van der Waals surface area contributed by atoms with Crippen LogP contribution in [-0.2, 0) is 40.3 Å². The highest BCUT2D eigenvalue weighted by Gasteiger charge is 2.53. The number of rotatable bonds is 10. The quantitative estimate of drug-likeness (QED) is 0.0736. The Labute approximate surface area is 420 Å². The van der Waals surface area contributed by atoms with Gasteiger partial charge in [0.15, 0.2) is 23.3 Å². The molecular weight excluding hydrogens is 947 g/mol. The molecule has 3 saturated heterocycles. The molecule has 71 heavy (non-hydrogen) atoms. The number of nitrogens with one attached hydrogen (secondary N) is 1. The van der Waals surface area contributed by atoms with Crippen molar-refractivity contribution in [3.8, 4) is 0 Å². The molecule has 0 spiro atoms. The zero-order chi connectivity index (χ0) is 53.1. The Hall–Kier alpha value is -3.50. The minimum atomic E-state index is -1.80. The first-order valence-electron chi connectivity index (χ1n) is 24.3. The molecule has 6 rings (SSSR count). The van der Waals surface area contributed by atoms with Gasteiger partial charge in [0.1, 0.15) is 46.9 Å². The number of hydrogen-bond acceptors (Lipinski definition) is 21. The number of cyclic esters (lactones) is 1. The Bertz CT molecular complexity index is 2220. The number of hydrogen-bond donors (Lipinski definition) is 6. The maximum atomic E-state index is 14.2. The first-order chi connectivity index (χ1) is 33.1. The summed E-state index contributed by atoms with van der Waals surface area (Å²) in [6, 6.07) is -0.808. The summed E-state index contributed by atoms with van der Waals surface area (Å²) in [5.74, 6) is -2.78. The second-order valence-electron chi connectivity index (χ2n) is 20.8. The molecule has 0 bridgehead atoms.